The van der Waals surface area contributed by atoms with Crippen LogP contribution in [0.1, 0.15) is 87.2 Å². The van der Waals surface area contributed by atoms with E-state index in [2.05, 4.69) is 55.1 Å². The molecule has 0 spiro atoms. The highest BCUT2D eigenvalue weighted by Gasteiger charge is 2.26. The van der Waals surface area contributed by atoms with Crippen LogP contribution in [0.3, 0.4) is 0 Å². The molecule has 5 heteroatoms. The maximum atomic E-state index is 13.6. The summed E-state index contributed by atoms with van der Waals surface area (Å²) in [5, 5.41) is 0. The van der Waals surface area contributed by atoms with Crippen molar-refractivity contribution < 1.29 is 9.59 Å². The first-order valence-electron chi connectivity index (χ1n) is 14.9. The first-order chi connectivity index (χ1) is 18.4. The van der Waals surface area contributed by atoms with Gasteiger partial charge in [0.05, 0.1) is 0 Å². The number of amides is 2. The van der Waals surface area contributed by atoms with Gasteiger partial charge in [0, 0.05) is 50.9 Å². The lowest BCUT2D eigenvalue weighted by Gasteiger charge is -2.33. The Bertz CT molecular complexity index is 1040. The van der Waals surface area contributed by atoms with Crippen molar-refractivity contribution in [1.82, 2.24) is 9.80 Å². The zero-order chi connectivity index (χ0) is 26.9. The molecule has 0 bridgehead atoms. The van der Waals surface area contributed by atoms with Crippen LogP contribution in [0.25, 0.3) is 0 Å². The highest BCUT2D eigenvalue weighted by Crippen LogP contribution is 2.28. The van der Waals surface area contributed by atoms with Gasteiger partial charge in [-0.05, 0) is 79.8 Å². The fourth-order valence-electron chi connectivity index (χ4n) is 6.15. The van der Waals surface area contributed by atoms with Crippen LogP contribution in [0, 0.1) is 11.8 Å². The molecular weight excluding hydrogens is 470 g/mol. The largest absolute Gasteiger partial charge is 0.339 e. The van der Waals surface area contributed by atoms with E-state index in [1.54, 1.807) is 6.92 Å². The summed E-state index contributed by atoms with van der Waals surface area (Å²) >= 11 is 0. The van der Waals surface area contributed by atoms with Gasteiger partial charge >= 0.3 is 0 Å². The first-order valence-corrected chi connectivity index (χ1v) is 14.9. The minimum absolute atomic E-state index is 0.0817. The van der Waals surface area contributed by atoms with E-state index in [9.17, 15) is 9.59 Å². The molecule has 4 rings (SSSR count). The van der Waals surface area contributed by atoms with E-state index in [0.29, 0.717) is 11.8 Å². The van der Waals surface area contributed by atoms with Crippen LogP contribution in [0.15, 0.2) is 48.5 Å². The van der Waals surface area contributed by atoms with Gasteiger partial charge < -0.3 is 9.80 Å². The number of piperidine rings is 1. The van der Waals surface area contributed by atoms with Crippen molar-refractivity contribution in [1.29, 1.82) is 0 Å². The Labute approximate surface area is 230 Å². The molecule has 2 aliphatic heterocycles. The topological polar surface area (TPSA) is 43.9 Å². The Morgan fingerprint density at radius 3 is 2.24 bits per heavy atom. The highest BCUT2D eigenvalue weighted by atomic mass is 16.2. The monoisotopic (exact) mass is 517 g/mol. The fourth-order valence-corrected chi connectivity index (χ4v) is 6.15. The Balaban J connectivity index is 1.52. The average Bonchev–Trinajstić information content (AvgIpc) is 2.90. The van der Waals surface area contributed by atoms with E-state index < -0.39 is 0 Å². The van der Waals surface area contributed by atoms with Gasteiger partial charge in [-0.25, -0.2) is 0 Å². The van der Waals surface area contributed by atoms with Gasteiger partial charge in [0.25, 0.3) is 5.91 Å². The molecule has 38 heavy (non-hydrogen) atoms. The summed E-state index contributed by atoms with van der Waals surface area (Å²) in [5.74, 6) is 1.41. The van der Waals surface area contributed by atoms with E-state index in [1.807, 2.05) is 21.9 Å². The van der Waals surface area contributed by atoms with Gasteiger partial charge in [-0.3, -0.25) is 14.5 Å². The van der Waals surface area contributed by atoms with E-state index in [4.69, 9.17) is 0 Å². The maximum absolute atomic E-state index is 13.6. The molecule has 2 aromatic carbocycles. The number of likely N-dealkylation sites (tertiary alicyclic amines) is 1. The van der Waals surface area contributed by atoms with Gasteiger partial charge in [0.1, 0.15) is 0 Å². The highest BCUT2D eigenvalue weighted by molar-refractivity contribution is 5.97. The fraction of sp³-hybridized carbons (Fsp3) is 0.576. The zero-order valence-electron chi connectivity index (χ0n) is 23.8. The second kappa shape index (κ2) is 13.9. The van der Waals surface area contributed by atoms with E-state index in [-0.39, 0.29) is 11.8 Å². The SMILES string of the molecule is CC(=O)N1CCCCCCCN(CC(C)C)Cc2cc(C(=O)N3CCC(Cc4ccccc4)CC3)ccc21. The molecule has 0 unspecified atom stereocenters. The number of benzene rings is 2. The summed E-state index contributed by atoms with van der Waals surface area (Å²) in [4.78, 5) is 32.8. The van der Waals surface area contributed by atoms with Crippen molar-refractivity contribution in [3.63, 3.8) is 0 Å². The summed E-state index contributed by atoms with van der Waals surface area (Å²) in [6.45, 7) is 11.4. The molecule has 0 N–H and O–H groups in total. The predicted octanol–water partition coefficient (Wildman–Crippen LogP) is 6.56. The minimum atomic E-state index is 0.0817. The number of hydrogen-bond donors (Lipinski definition) is 0. The molecule has 5 nitrogen and oxygen atoms in total. The third-order valence-electron chi connectivity index (χ3n) is 8.14. The van der Waals surface area contributed by atoms with E-state index >= 15 is 0 Å². The maximum Gasteiger partial charge on any atom is 0.253 e. The van der Waals surface area contributed by atoms with Gasteiger partial charge in [-0.2, -0.15) is 0 Å². The smallest absolute Gasteiger partial charge is 0.253 e. The molecule has 1 fully saturated rings. The molecule has 2 amide bonds. The molecule has 1 saturated heterocycles. The molecular formula is C33H47N3O2. The number of nitrogens with zero attached hydrogens (tertiary/aromatic N) is 3. The molecule has 206 valence electrons. The molecule has 0 aliphatic carbocycles. The van der Waals surface area contributed by atoms with E-state index in [1.165, 1.54) is 24.8 Å². The van der Waals surface area contributed by atoms with Gasteiger partial charge in [0.2, 0.25) is 5.91 Å². The summed E-state index contributed by atoms with van der Waals surface area (Å²) in [7, 11) is 0. The molecule has 0 aromatic heterocycles. The third-order valence-corrected chi connectivity index (χ3v) is 8.14. The van der Waals surface area contributed by atoms with Crippen LogP contribution in [-0.4, -0.2) is 54.3 Å². The summed E-state index contributed by atoms with van der Waals surface area (Å²) < 4.78 is 0. The Hall–Kier alpha value is -2.66. The molecule has 0 atom stereocenters. The van der Waals surface area contributed by atoms with Crippen LogP contribution in [0.2, 0.25) is 0 Å². The second-order valence-electron chi connectivity index (χ2n) is 11.8. The average molecular weight is 518 g/mol. The minimum Gasteiger partial charge on any atom is -0.339 e. The lowest BCUT2D eigenvalue weighted by Crippen LogP contribution is -2.39. The summed E-state index contributed by atoms with van der Waals surface area (Å²) in [5.41, 5.74) is 4.22. The molecule has 2 aromatic rings. The zero-order valence-corrected chi connectivity index (χ0v) is 23.8. The van der Waals surface area contributed by atoms with Crippen molar-refractivity contribution in [2.75, 3.05) is 37.6 Å². The standard InChI is InChI=1S/C33H47N3O2/c1-26(2)24-34-18-10-5-4-6-11-19-36(27(3)37)32-15-14-30(23-31(32)25-34)33(38)35-20-16-29(17-21-35)22-28-12-8-7-9-13-28/h7-9,12-15,23,26,29H,4-6,10-11,16-22,24-25H2,1-3H3. The van der Waals surface area contributed by atoms with Gasteiger partial charge in [-0.1, -0.05) is 63.4 Å². The lowest BCUT2D eigenvalue weighted by molar-refractivity contribution is -0.116. The molecule has 0 radical (unpaired) electrons. The lowest BCUT2D eigenvalue weighted by atomic mass is 9.90. The molecule has 2 aliphatic rings. The number of hydrogen-bond acceptors (Lipinski definition) is 3. The Kier molecular flexibility index (Phi) is 10.4. The Morgan fingerprint density at radius 1 is 0.868 bits per heavy atom. The molecule has 0 saturated carbocycles. The molecule has 2 heterocycles. The van der Waals surface area contributed by atoms with Crippen LogP contribution in [0.4, 0.5) is 5.69 Å². The Morgan fingerprint density at radius 2 is 1.55 bits per heavy atom. The van der Waals surface area contributed by atoms with Crippen molar-refractivity contribution in [3.05, 3.63) is 65.2 Å². The number of fused-ring (bicyclic) bond motifs is 1. The third kappa shape index (κ3) is 7.92. The number of rotatable bonds is 5. The summed E-state index contributed by atoms with van der Waals surface area (Å²) in [6.07, 6.45) is 9.03. The van der Waals surface area contributed by atoms with Crippen molar-refractivity contribution >= 4 is 17.5 Å². The summed E-state index contributed by atoms with van der Waals surface area (Å²) in [6, 6.07) is 16.8. The normalized spacial score (nSPS) is 18.5. The number of anilines is 1. The first kappa shape index (κ1) is 28.4. The van der Waals surface area contributed by atoms with Crippen molar-refractivity contribution in [2.45, 2.75) is 78.7 Å². The van der Waals surface area contributed by atoms with Crippen LogP contribution in [-0.2, 0) is 17.8 Å². The van der Waals surface area contributed by atoms with Crippen LogP contribution in [0.5, 0.6) is 0 Å². The number of carbonyl (C=O) groups excluding carboxylic acids is 2. The number of carbonyl (C=O) groups is 2. The second-order valence-corrected chi connectivity index (χ2v) is 11.8. The van der Waals surface area contributed by atoms with Crippen molar-refractivity contribution in [3.8, 4) is 0 Å². The van der Waals surface area contributed by atoms with Crippen LogP contribution >= 0.6 is 0 Å². The van der Waals surface area contributed by atoms with E-state index in [0.717, 1.165) is 88.2 Å². The van der Waals surface area contributed by atoms with Crippen LogP contribution < -0.4 is 4.90 Å². The van der Waals surface area contributed by atoms with Gasteiger partial charge in [-0.15, -0.1) is 0 Å². The van der Waals surface area contributed by atoms with Crippen molar-refractivity contribution in [2.24, 2.45) is 11.8 Å². The quantitative estimate of drug-likeness (QED) is 0.451. The predicted molar refractivity (Wildman–Crippen MR) is 156 cm³/mol. The van der Waals surface area contributed by atoms with Gasteiger partial charge in [0.15, 0.2) is 0 Å².